The van der Waals surface area contributed by atoms with E-state index in [0.717, 1.165) is 0 Å². The molecule has 0 spiro atoms. The lowest BCUT2D eigenvalue weighted by Crippen LogP contribution is -2.32. The molecule has 1 atom stereocenters. The number of hydrogen-bond donors (Lipinski definition) is 4. The van der Waals surface area contributed by atoms with Gasteiger partial charge in [0, 0.05) is 12.0 Å². The number of hydrogen-bond acceptors (Lipinski definition) is 5. The predicted molar refractivity (Wildman–Crippen MR) is 57.1 cm³/mol. The minimum atomic E-state index is -1.27. The molecule has 1 rings (SSSR count). The molecule has 1 aromatic carbocycles. The molecule has 6 nitrogen and oxygen atoms in total. The largest absolute Gasteiger partial charge is 0.506 e. The van der Waals surface area contributed by atoms with Gasteiger partial charge in [0.15, 0.2) is 5.78 Å². The highest BCUT2D eigenvalue weighted by Gasteiger charge is 2.19. The number of carboxylic acids is 1. The number of carbonyl (C=O) groups excluding carboxylic acids is 1. The molecule has 0 heterocycles. The Hall–Kier alpha value is -2.08. The van der Waals surface area contributed by atoms with Gasteiger partial charge in [0.1, 0.15) is 11.8 Å². The maximum absolute atomic E-state index is 11.6. The van der Waals surface area contributed by atoms with Crippen LogP contribution in [-0.2, 0) is 4.79 Å². The van der Waals surface area contributed by atoms with E-state index in [4.69, 9.17) is 16.6 Å². The Morgan fingerprint density at radius 1 is 1.38 bits per heavy atom. The second kappa shape index (κ2) is 4.63. The van der Waals surface area contributed by atoms with E-state index >= 15 is 0 Å². The summed E-state index contributed by atoms with van der Waals surface area (Å²) in [5.74, 6) is -1.98. The molecule has 1 unspecified atom stereocenters. The number of nitrogen functional groups attached to an aromatic ring is 1. The molecule has 6 heteroatoms. The van der Waals surface area contributed by atoms with Crippen LogP contribution < -0.4 is 11.5 Å². The number of aliphatic carboxylic acids is 1. The number of phenols is 1. The molecule has 16 heavy (non-hydrogen) atoms. The normalized spacial score (nSPS) is 12.1. The molecule has 1 aromatic rings. The van der Waals surface area contributed by atoms with Crippen molar-refractivity contribution in [2.24, 2.45) is 5.73 Å². The first-order chi connectivity index (χ1) is 7.43. The molecule has 0 aliphatic carbocycles. The highest BCUT2D eigenvalue weighted by Crippen LogP contribution is 2.24. The van der Waals surface area contributed by atoms with Crippen molar-refractivity contribution in [3.63, 3.8) is 0 Å². The van der Waals surface area contributed by atoms with Gasteiger partial charge in [0.05, 0.1) is 5.69 Å². The minimum absolute atomic E-state index is 0.0647. The molecular weight excluding hydrogens is 214 g/mol. The maximum Gasteiger partial charge on any atom is 0.320 e. The first-order valence-corrected chi connectivity index (χ1v) is 4.52. The fourth-order valence-corrected chi connectivity index (χ4v) is 1.19. The van der Waals surface area contributed by atoms with Gasteiger partial charge in [0.25, 0.3) is 0 Å². The zero-order valence-electron chi connectivity index (χ0n) is 8.38. The molecular formula is C10H12N2O4. The number of phenolic OH excluding ortho intramolecular Hbond substituents is 1. The lowest BCUT2D eigenvalue weighted by Gasteiger charge is -2.08. The average molecular weight is 226 g/mol. The average Bonchev–Trinajstić information content (AvgIpc) is 2.21. The third-order valence-corrected chi connectivity index (χ3v) is 2.11. The number of carboxylic acid groups (broad SMARTS) is 1. The Morgan fingerprint density at radius 3 is 2.56 bits per heavy atom. The zero-order valence-corrected chi connectivity index (χ0v) is 8.38. The van der Waals surface area contributed by atoms with Crippen molar-refractivity contribution < 1.29 is 19.8 Å². The summed E-state index contributed by atoms with van der Waals surface area (Å²) in [5.41, 5.74) is 10.7. The third-order valence-electron chi connectivity index (χ3n) is 2.11. The standard InChI is InChI=1S/C10H12N2O4/c11-6(10(15)16)4-8(14)5-2-1-3-7(13)9(5)12/h1-3,6,13H,4,11-12H2,(H,15,16)/i6+1,10+1. The van der Waals surface area contributed by atoms with Crippen molar-refractivity contribution in [3.05, 3.63) is 23.8 Å². The molecule has 0 aliphatic heterocycles. The smallest absolute Gasteiger partial charge is 0.320 e. The van der Waals surface area contributed by atoms with Crippen molar-refractivity contribution in [1.29, 1.82) is 0 Å². The van der Waals surface area contributed by atoms with Gasteiger partial charge in [0.2, 0.25) is 0 Å². The quantitative estimate of drug-likeness (QED) is 0.247. The molecule has 0 fully saturated rings. The minimum Gasteiger partial charge on any atom is -0.506 e. The zero-order chi connectivity index (χ0) is 12.3. The van der Waals surface area contributed by atoms with Crippen LogP contribution in [0.15, 0.2) is 18.2 Å². The van der Waals surface area contributed by atoms with E-state index in [0.29, 0.717) is 0 Å². The van der Waals surface area contributed by atoms with Crippen molar-refractivity contribution in [3.8, 4) is 5.75 Å². The summed E-state index contributed by atoms with van der Waals surface area (Å²) < 4.78 is 0. The summed E-state index contributed by atoms with van der Waals surface area (Å²) >= 11 is 0. The van der Waals surface area contributed by atoms with E-state index in [1.165, 1.54) is 18.2 Å². The number of ketones is 1. The second-order valence-corrected chi connectivity index (χ2v) is 3.31. The maximum atomic E-state index is 11.6. The molecule has 0 aliphatic rings. The Morgan fingerprint density at radius 2 is 2.00 bits per heavy atom. The van der Waals surface area contributed by atoms with Gasteiger partial charge in [-0.2, -0.15) is 0 Å². The van der Waals surface area contributed by atoms with Crippen molar-refractivity contribution >= 4 is 17.4 Å². The monoisotopic (exact) mass is 226 g/mol. The van der Waals surface area contributed by atoms with Crippen molar-refractivity contribution in [2.75, 3.05) is 5.73 Å². The van der Waals surface area contributed by atoms with Gasteiger partial charge in [-0.15, -0.1) is 0 Å². The van der Waals surface area contributed by atoms with Crippen LogP contribution in [0.25, 0.3) is 0 Å². The summed E-state index contributed by atoms with van der Waals surface area (Å²) in [6, 6.07) is 2.93. The number of anilines is 1. The van der Waals surface area contributed by atoms with Crippen LogP contribution in [0, 0.1) is 0 Å². The molecule has 0 amide bonds. The molecule has 0 saturated heterocycles. The van der Waals surface area contributed by atoms with E-state index in [1.807, 2.05) is 0 Å². The summed E-state index contributed by atoms with van der Waals surface area (Å²) in [4.78, 5) is 22.1. The van der Waals surface area contributed by atoms with Crippen LogP contribution in [0.4, 0.5) is 5.69 Å². The van der Waals surface area contributed by atoms with Gasteiger partial charge >= 0.3 is 5.97 Å². The SMILES string of the molecule is Nc1c(O)cccc1C(=O)C[13CH](N)[13C](=O)O. The number of rotatable bonds is 4. The lowest BCUT2D eigenvalue weighted by atomic mass is 10.1. The molecule has 0 bridgehead atoms. The topological polar surface area (TPSA) is 127 Å². The number of aromatic hydroxyl groups is 1. The van der Waals surface area contributed by atoms with Crippen LogP contribution in [0.5, 0.6) is 5.75 Å². The summed E-state index contributed by atoms with van der Waals surface area (Å²) in [5, 5.41) is 17.8. The first kappa shape index (κ1) is 12.0. The molecule has 86 valence electrons. The number of carbonyl (C=O) groups is 2. The van der Waals surface area contributed by atoms with E-state index in [2.05, 4.69) is 0 Å². The Bertz CT molecular complexity index is 431. The fourth-order valence-electron chi connectivity index (χ4n) is 1.19. The first-order valence-electron chi connectivity index (χ1n) is 4.52. The van der Waals surface area contributed by atoms with Gasteiger partial charge in [-0.25, -0.2) is 0 Å². The van der Waals surface area contributed by atoms with E-state index in [1.54, 1.807) is 0 Å². The number of para-hydroxylation sites is 1. The fraction of sp³-hybridized carbons (Fsp3) is 0.200. The number of nitrogens with two attached hydrogens (primary N) is 2. The van der Waals surface area contributed by atoms with Gasteiger partial charge in [-0.1, -0.05) is 6.07 Å². The lowest BCUT2D eigenvalue weighted by molar-refractivity contribution is -0.138. The molecule has 0 aromatic heterocycles. The van der Waals surface area contributed by atoms with E-state index in [-0.39, 0.29) is 23.4 Å². The summed E-state index contributed by atoms with van der Waals surface area (Å²) in [6.07, 6.45) is -0.358. The van der Waals surface area contributed by atoms with E-state index < -0.39 is 17.8 Å². The number of benzene rings is 1. The Kier molecular flexibility index (Phi) is 3.47. The van der Waals surface area contributed by atoms with Crippen LogP contribution in [-0.4, -0.2) is 28.0 Å². The predicted octanol–water partition coefficient (Wildman–Crippen LogP) is -0.0409. The van der Waals surface area contributed by atoms with Gasteiger partial charge in [-0.3, -0.25) is 9.59 Å². The highest BCUT2D eigenvalue weighted by molar-refractivity contribution is 6.03. The van der Waals surface area contributed by atoms with Gasteiger partial charge < -0.3 is 21.7 Å². The van der Waals surface area contributed by atoms with Crippen molar-refractivity contribution in [1.82, 2.24) is 0 Å². The van der Waals surface area contributed by atoms with E-state index in [9.17, 15) is 14.7 Å². The van der Waals surface area contributed by atoms with Crippen molar-refractivity contribution in [2.45, 2.75) is 12.5 Å². The van der Waals surface area contributed by atoms with Crippen LogP contribution in [0.3, 0.4) is 0 Å². The van der Waals surface area contributed by atoms with Crippen LogP contribution in [0.2, 0.25) is 0 Å². The molecule has 0 saturated carbocycles. The van der Waals surface area contributed by atoms with Crippen LogP contribution in [0.1, 0.15) is 16.8 Å². The highest BCUT2D eigenvalue weighted by atomic mass is 16.5. The summed E-state index contributed by atoms with van der Waals surface area (Å²) in [6.45, 7) is 0. The Balaban J connectivity index is 2.89. The van der Waals surface area contributed by atoms with Gasteiger partial charge in [-0.05, 0) is 12.1 Å². The third kappa shape index (κ3) is 2.48. The number of Topliss-reactive ketones (excluding diaryl/α,β-unsaturated/α-hetero) is 1. The summed E-state index contributed by atoms with van der Waals surface area (Å²) in [7, 11) is 0. The second-order valence-electron chi connectivity index (χ2n) is 3.31. The molecule has 6 N–H and O–H groups in total. The molecule has 0 radical (unpaired) electrons. The van der Waals surface area contributed by atoms with Crippen LogP contribution >= 0.6 is 0 Å². The Labute approximate surface area is 91.5 Å².